The standard InChI is InChI=1S/C14H13NO2/c1-2-6-11(9-10-15)13(16)14(17)12-7-4-3-5-8-12/h2-10H,1,15H2/b10-9-,11-6+. The van der Waals surface area contributed by atoms with Crippen molar-refractivity contribution >= 4 is 11.6 Å². The molecule has 1 aromatic rings. The minimum atomic E-state index is -0.599. The SMILES string of the molecule is C=C/C=C(\C=C/N)C(=O)C(=O)c1ccccc1. The molecular formula is C14H13NO2. The summed E-state index contributed by atoms with van der Waals surface area (Å²) >= 11 is 0. The second-order valence-corrected chi connectivity index (χ2v) is 3.24. The zero-order chi connectivity index (χ0) is 12.7. The maximum Gasteiger partial charge on any atom is 0.233 e. The number of rotatable bonds is 5. The van der Waals surface area contributed by atoms with E-state index in [0.717, 1.165) is 0 Å². The van der Waals surface area contributed by atoms with Crippen molar-refractivity contribution in [3.05, 3.63) is 72.5 Å². The number of benzene rings is 1. The summed E-state index contributed by atoms with van der Waals surface area (Å²) < 4.78 is 0. The van der Waals surface area contributed by atoms with Gasteiger partial charge >= 0.3 is 0 Å². The Hall–Kier alpha value is -2.42. The van der Waals surface area contributed by atoms with Crippen LogP contribution in [0.2, 0.25) is 0 Å². The van der Waals surface area contributed by atoms with Crippen LogP contribution in [-0.4, -0.2) is 11.6 Å². The Balaban J connectivity index is 3.01. The van der Waals surface area contributed by atoms with Crippen LogP contribution < -0.4 is 5.73 Å². The van der Waals surface area contributed by atoms with Crippen LogP contribution in [0.5, 0.6) is 0 Å². The highest BCUT2D eigenvalue weighted by Gasteiger charge is 2.18. The van der Waals surface area contributed by atoms with Crippen molar-refractivity contribution in [1.82, 2.24) is 0 Å². The molecule has 0 radical (unpaired) electrons. The summed E-state index contributed by atoms with van der Waals surface area (Å²) in [5.41, 5.74) is 5.80. The summed E-state index contributed by atoms with van der Waals surface area (Å²) in [6, 6.07) is 8.38. The van der Waals surface area contributed by atoms with E-state index in [1.165, 1.54) is 24.4 Å². The lowest BCUT2D eigenvalue weighted by atomic mass is 10.0. The molecule has 3 heteroatoms. The second kappa shape index (κ2) is 6.23. The number of allylic oxidation sites excluding steroid dienone is 4. The van der Waals surface area contributed by atoms with Gasteiger partial charge < -0.3 is 5.73 Å². The fourth-order valence-corrected chi connectivity index (χ4v) is 1.29. The number of hydrogen-bond acceptors (Lipinski definition) is 3. The number of Topliss-reactive ketones (excluding diaryl/α,β-unsaturated/α-hetero) is 2. The largest absolute Gasteiger partial charge is 0.405 e. The zero-order valence-corrected chi connectivity index (χ0v) is 9.30. The molecule has 86 valence electrons. The smallest absolute Gasteiger partial charge is 0.233 e. The summed E-state index contributed by atoms with van der Waals surface area (Å²) in [7, 11) is 0. The van der Waals surface area contributed by atoms with Crippen molar-refractivity contribution in [2.75, 3.05) is 0 Å². The van der Waals surface area contributed by atoms with Gasteiger partial charge in [-0.3, -0.25) is 9.59 Å². The van der Waals surface area contributed by atoms with E-state index in [0.29, 0.717) is 5.56 Å². The van der Waals surface area contributed by atoms with Crippen molar-refractivity contribution in [3.63, 3.8) is 0 Å². The van der Waals surface area contributed by atoms with Gasteiger partial charge in [0.05, 0.1) is 0 Å². The van der Waals surface area contributed by atoms with Gasteiger partial charge in [0.2, 0.25) is 11.6 Å². The molecule has 1 aromatic carbocycles. The van der Waals surface area contributed by atoms with Gasteiger partial charge in [0.1, 0.15) is 0 Å². The first-order valence-corrected chi connectivity index (χ1v) is 5.05. The van der Waals surface area contributed by atoms with Gasteiger partial charge in [0.25, 0.3) is 0 Å². The van der Waals surface area contributed by atoms with Crippen LogP contribution >= 0.6 is 0 Å². The van der Waals surface area contributed by atoms with Crippen molar-refractivity contribution in [1.29, 1.82) is 0 Å². The third-order valence-corrected chi connectivity index (χ3v) is 2.08. The predicted molar refractivity (Wildman–Crippen MR) is 67.4 cm³/mol. The second-order valence-electron chi connectivity index (χ2n) is 3.24. The Morgan fingerprint density at radius 3 is 2.35 bits per heavy atom. The Kier molecular flexibility index (Phi) is 4.63. The van der Waals surface area contributed by atoms with Crippen LogP contribution in [0.1, 0.15) is 10.4 Å². The lowest BCUT2D eigenvalue weighted by molar-refractivity contribution is -0.111. The first-order chi connectivity index (χ1) is 8.20. The third-order valence-electron chi connectivity index (χ3n) is 2.08. The molecule has 0 aliphatic rings. The van der Waals surface area contributed by atoms with E-state index in [1.807, 2.05) is 0 Å². The number of nitrogens with two attached hydrogens (primary N) is 1. The minimum Gasteiger partial charge on any atom is -0.405 e. The quantitative estimate of drug-likeness (QED) is 0.362. The van der Waals surface area contributed by atoms with E-state index in [9.17, 15) is 9.59 Å². The Bertz CT molecular complexity index is 484. The van der Waals surface area contributed by atoms with Crippen LogP contribution in [-0.2, 0) is 4.79 Å². The van der Waals surface area contributed by atoms with Gasteiger partial charge in [-0.05, 0) is 12.3 Å². The summed E-state index contributed by atoms with van der Waals surface area (Å²) in [6.07, 6.45) is 5.48. The van der Waals surface area contributed by atoms with E-state index >= 15 is 0 Å². The monoisotopic (exact) mass is 227 g/mol. The molecular weight excluding hydrogens is 214 g/mol. The third kappa shape index (κ3) is 3.28. The summed E-state index contributed by atoms with van der Waals surface area (Å²) in [6.45, 7) is 3.48. The van der Waals surface area contributed by atoms with E-state index in [4.69, 9.17) is 5.73 Å². The molecule has 0 atom stereocenters. The molecule has 3 nitrogen and oxygen atoms in total. The van der Waals surface area contributed by atoms with Crippen molar-refractivity contribution in [2.45, 2.75) is 0 Å². The average Bonchev–Trinajstić information content (AvgIpc) is 2.38. The molecule has 0 aliphatic carbocycles. The van der Waals surface area contributed by atoms with Crippen LogP contribution in [0, 0.1) is 0 Å². The van der Waals surface area contributed by atoms with Crippen LogP contribution in [0.4, 0.5) is 0 Å². The molecule has 0 fully saturated rings. The maximum atomic E-state index is 11.9. The molecule has 0 saturated carbocycles. The van der Waals surface area contributed by atoms with E-state index in [1.54, 1.807) is 30.3 Å². The van der Waals surface area contributed by atoms with Gasteiger partial charge in [0, 0.05) is 11.1 Å². The summed E-state index contributed by atoms with van der Waals surface area (Å²) in [4.78, 5) is 23.7. The van der Waals surface area contributed by atoms with Crippen molar-refractivity contribution < 1.29 is 9.59 Å². The fourth-order valence-electron chi connectivity index (χ4n) is 1.29. The van der Waals surface area contributed by atoms with Crippen molar-refractivity contribution in [2.24, 2.45) is 5.73 Å². The predicted octanol–water partition coefficient (Wildman–Crippen LogP) is 2.02. The fraction of sp³-hybridized carbons (Fsp3) is 0. The van der Waals surface area contributed by atoms with Gasteiger partial charge in [-0.2, -0.15) is 0 Å². The highest BCUT2D eigenvalue weighted by molar-refractivity contribution is 6.49. The molecule has 0 bridgehead atoms. The zero-order valence-electron chi connectivity index (χ0n) is 9.30. The topological polar surface area (TPSA) is 60.2 Å². The van der Waals surface area contributed by atoms with Crippen LogP contribution in [0.15, 0.2) is 66.9 Å². The molecule has 17 heavy (non-hydrogen) atoms. The highest BCUT2D eigenvalue weighted by atomic mass is 16.2. The summed E-state index contributed by atoms with van der Waals surface area (Å²) in [5.74, 6) is -1.16. The number of ketones is 2. The molecule has 0 aromatic heterocycles. The Labute approximate surface area is 99.9 Å². The molecule has 0 unspecified atom stereocenters. The Morgan fingerprint density at radius 2 is 1.82 bits per heavy atom. The number of carbonyl (C=O) groups is 2. The van der Waals surface area contributed by atoms with Gasteiger partial charge in [-0.1, -0.05) is 49.1 Å². The van der Waals surface area contributed by atoms with Crippen LogP contribution in [0.25, 0.3) is 0 Å². The van der Waals surface area contributed by atoms with Crippen LogP contribution in [0.3, 0.4) is 0 Å². The molecule has 0 spiro atoms. The molecule has 0 amide bonds. The lowest BCUT2D eigenvalue weighted by Gasteiger charge is -2.00. The maximum absolute atomic E-state index is 11.9. The number of carbonyl (C=O) groups excluding carboxylic acids is 2. The summed E-state index contributed by atoms with van der Waals surface area (Å²) in [5, 5.41) is 0. The van der Waals surface area contributed by atoms with Gasteiger partial charge in [-0.25, -0.2) is 0 Å². The first kappa shape index (κ1) is 12.6. The van der Waals surface area contributed by atoms with E-state index in [-0.39, 0.29) is 5.57 Å². The Morgan fingerprint density at radius 1 is 1.18 bits per heavy atom. The lowest BCUT2D eigenvalue weighted by Crippen LogP contribution is -2.15. The average molecular weight is 227 g/mol. The minimum absolute atomic E-state index is 0.219. The molecule has 0 aliphatic heterocycles. The van der Waals surface area contributed by atoms with Crippen molar-refractivity contribution in [3.8, 4) is 0 Å². The highest BCUT2D eigenvalue weighted by Crippen LogP contribution is 2.07. The van der Waals surface area contributed by atoms with E-state index in [2.05, 4.69) is 6.58 Å². The molecule has 0 saturated heterocycles. The molecule has 2 N–H and O–H groups in total. The number of hydrogen-bond donors (Lipinski definition) is 1. The molecule has 0 heterocycles. The first-order valence-electron chi connectivity index (χ1n) is 5.05. The van der Waals surface area contributed by atoms with Gasteiger partial charge in [0.15, 0.2) is 0 Å². The normalized spacial score (nSPS) is 11.4. The van der Waals surface area contributed by atoms with E-state index < -0.39 is 11.6 Å². The van der Waals surface area contributed by atoms with Gasteiger partial charge in [-0.15, -0.1) is 0 Å². The molecule has 1 rings (SSSR count).